The van der Waals surface area contributed by atoms with Gasteiger partial charge in [-0.2, -0.15) is 0 Å². The summed E-state index contributed by atoms with van der Waals surface area (Å²) >= 11 is 17.8. The van der Waals surface area contributed by atoms with E-state index in [9.17, 15) is 9.90 Å². The molecule has 2 aromatic rings. The molecule has 3 nitrogen and oxygen atoms in total. The molecule has 2 aromatic carbocycles. The Kier molecular flexibility index (Phi) is 4.99. The van der Waals surface area contributed by atoms with Gasteiger partial charge in [0.05, 0.1) is 5.56 Å². The van der Waals surface area contributed by atoms with E-state index in [1.165, 1.54) is 23.1 Å². The zero-order valence-electron chi connectivity index (χ0n) is 11.1. The summed E-state index contributed by atoms with van der Waals surface area (Å²) in [6.07, 6.45) is 0. The van der Waals surface area contributed by atoms with E-state index in [1.54, 1.807) is 25.2 Å². The van der Waals surface area contributed by atoms with Crippen molar-refractivity contribution in [1.82, 2.24) is 4.90 Å². The Bertz CT molecular complexity index is 689. The Morgan fingerprint density at radius 3 is 2.38 bits per heavy atom. The van der Waals surface area contributed by atoms with Crippen molar-refractivity contribution < 1.29 is 9.90 Å². The van der Waals surface area contributed by atoms with E-state index in [0.29, 0.717) is 21.6 Å². The maximum absolute atomic E-state index is 12.3. The lowest BCUT2D eigenvalue weighted by atomic mass is 10.1. The van der Waals surface area contributed by atoms with Gasteiger partial charge in [0.25, 0.3) is 5.91 Å². The third-order valence-corrected chi connectivity index (χ3v) is 3.78. The number of hydrogen-bond donors (Lipinski definition) is 1. The van der Waals surface area contributed by atoms with E-state index in [2.05, 4.69) is 0 Å². The van der Waals surface area contributed by atoms with Crippen molar-refractivity contribution in [2.45, 2.75) is 6.54 Å². The smallest absolute Gasteiger partial charge is 0.257 e. The number of benzene rings is 2. The molecule has 0 radical (unpaired) electrons. The molecule has 0 aliphatic carbocycles. The van der Waals surface area contributed by atoms with Crippen LogP contribution in [-0.4, -0.2) is 23.0 Å². The molecular weight excluding hydrogens is 333 g/mol. The molecular formula is C15H12Cl3NO2. The van der Waals surface area contributed by atoms with Gasteiger partial charge in [0, 0.05) is 28.7 Å². The molecule has 0 aromatic heterocycles. The summed E-state index contributed by atoms with van der Waals surface area (Å²) in [6.45, 7) is 0.292. The molecule has 0 aliphatic rings. The molecule has 0 fully saturated rings. The third-order valence-electron chi connectivity index (χ3n) is 2.96. The molecule has 0 heterocycles. The average Bonchev–Trinajstić information content (AvgIpc) is 2.43. The molecule has 0 spiro atoms. The quantitative estimate of drug-likeness (QED) is 0.882. The molecule has 0 atom stereocenters. The molecule has 0 aliphatic heterocycles. The summed E-state index contributed by atoms with van der Waals surface area (Å²) in [4.78, 5) is 13.8. The highest BCUT2D eigenvalue weighted by Crippen LogP contribution is 2.25. The maximum atomic E-state index is 12.3. The van der Waals surface area contributed by atoms with E-state index in [4.69, 9.17) is 34.8 Å². The van der Waals surface area contributed by atoms with Crippen molar-refractivity contribution in [3.8, 4) is 5.75 Å². The molecule has 0 unspecified atom stereocenters. The summed E-state index contributed by atoms with van der Waals surface area (Å²) in [7, 11) is 1.62. The first-order chi connectivity index (χ1) is 9.88. The fourth-order valence-corrected chi connectivity index (χ4v) is 2.50. The van der Waals surface area contributed by atoms with Gasteiger partial charge < -0.3 is 10.0 Å². The predicted molar refractivity (Wildman–Crippen MR) is 85.4 cm³/mol. The highest BCUT2D eigenvalue weighted by molar-refractivity contribution is 6.35. The van der Waals surface area contributed by atoms with Crippen molar-refractivity contribution in [3.63, 3.8) is 0 Å². The Labute approximate surface area is 137 Å². The Hall–Kier alpha value is -1.42. The standard InChI is InChI=1S/C15H12Cl3NO2/c1-19(8-9-2-3-11(17)7-13(9)18)15(21)12-6-10(16)4-5-14(12)20/h2-7,20H,8H2,1H3. The van der Waals surface area contributed by atoms with Crippen LogP contribution in [0, 0.1) is 0 Å². The number of phenols is 1. The van der Waals surface area contributed by atoms with Gasteiger partial charge in [0.1, 0.15) is 5.75 Å². The number of nitrogens with zero attached hydrogens (tertiary/aromatic N) is 1. The van der Waals surface area contributed by atoms with Gasteiger partial charge in [0.15, 0.2) is 0 Å². The van der Waals surface area contributed by atoms with Crippen LogP contribution in [0.4, 0.5) is 0 Å². The van der Waals surface area contributed by atoms with E-state index in [-0.39, 0.29) is 17.2 Å². The summed E-state index contributed by atoms with van der Waals surface area (Å²) < 4.78 is 0. The number of amides is 1. The fraction of sp³-hybridized carbons (Fsp3) is 0.133. The second kappa shape index (κ2) is 6.56. The summed E-state index contributed by atoms with van der Waals surface area (Å²) in [5, 5.41) is 11.2. The molecule has 110 valence electrons. The van der Waals surface area contributed by atoms with Crippen LogP contribution in [0.5, 0.6) is 5.75 Å². The van der Waals surface area contributed by atoms with Gasteiger partial charge in [-0.05, 0) is 35.9 Å². The van der Waals surface area contributed by atoms with Crippen molar-refractivity contribution >= 4 is 40.7 Å². The van der Waals surface area contributed by atoms with Crippen LogP contribution in [0.15, 0.2) is 36.4 Å². The lowest BCUT2D eigenvalue weighted by Gasteiger charge is -2.19. The fourth-order valence-electron chi connectivity index (χ4n) is 1.86. The Morgan fingerprint density at radius 2 is 1.71 bits per heavy atom. The molecule has 0 bridgehead atoms. The van der Waals surface area contributed by atoms with Gasteiger partial charge >= 0.3 is 0 Å². The van der Waals surface area contributed by atoms with Gasteiger partial charge in [0.2, 0.25) is 0 Å². The molecule has 0 saturated heterocycles. The number of rotatable bonds is 3. The van der Waals surface area contributed by atoms with E-state index in [1.807, 2.05) is 0 Å². The van der Waals surface area contributed by atoms with E-state index < -0.39 is 0 Å². The topological polar surface area (TPSA) is 40.5 Å². The highest BCUT2D eigenvalue weighted by atomic mass is 35.5. The van der Waals surface area contributed by atoms with Gasteiger partial charge in [-0.15, -0.1) is 0 Å². The highest BCUT2D eigenvalue weighted by Gasteiger charge is 2.17. The lowest BCUT2D eigenvalue weighted by Crippen LogP contribution is -2.26. The predicted octanol–water partition coefficient (Wildman–Crippen LogP) is 4.62. The van der Waals surface area contributed by atoms with Crippen LogP contribution in [0.3, 0.4) is 0 Å². The van der Waals surface area contributed by atoms with Crippen LogP contribution in [0.25, 0.3) is 0 Å². The number of halogens is 3. The summed E-state index contributed by atoms with van der Waals surface area (Å²) in [6, 6.07) is 9.42. The normalized spacial score (nSPS) is 10.5. The largest absolute Gasteiger partial charge is 0.507 e. The van der Waals surface area contributed by atoms with Crippen LogP contribution in [0.1, 0.15) is 15.9 Å². The molecule has 1 N–H and O–H groups in total. The van der Waals surface area contributed by atoms with Crippen LogP contribution in [0.2, 0.25) is 15.1 Å². The number of carbonyl (C=O) groups is 1. The van der Waals surface area contributed by atoms with Crippen LogP contribution >= 0.6 is 34.8 Å². The first-order valence-corrected chi connectivity index (χ1v) is 7.20. The molecule has 0 saturated carbocycles. The molecule has 6 heteroatoms. The molecule has 2 rings (SSSR count). The SMILES string of the molecule is CN(Cc1ccc(Cl)cc1Cl)C(=O)c1cc(Cl)ccc1O. The minimum absolute atomic E-state index is 0.113. The minimum Gasteiger partial charge on any atom is -0.507 e. The van der Waals surface area contributed by atoms with Gasteiger partial charge in [-0.3, -0.25) is 4.79 Å². The second-order valence-electron chi connectivity index (χ2n) is 4.56. The Morgan fingerprint density at radius 1 is 1.10 bits per heavy atom. The summed E-state index contributed by atoms with van der Waals surface area (Å²) in [5.74, 6) is -0.459. The van der Waals surface area contributed by atoms with Gasteiger partial charge in [-0.1, -0.05) is 40.9 Å². The zero-order chi connectivity index (χ0) is 15.6. The number of aromatic hydroxyl groups is 1. The van der Waals surface area contributed by atoms with Crippen LogP contribution in [-0.2, 0) is 6.54 Å². The van der Waals surface area contributed by atoms with Crippen molar-refractivity contribution in [1.29, 1.82) is 0 Å². The second-order valence-corrected chi connectivity index (χ2v) is 5.84. The van der Waals surface area contributed by atoms with E-state index in [0.717, 1.165) is 5.56 Å². The van der Waals surface area contributed by atoms with Crippen molar-refractivity contribution in [2.24, 2.45) is 0 Å². The Balaban J connectivity index is 2.21. The lowest BCUT2D eigenvalue weighted by molar-refractivity contribution is 0.0782. The van der Waals surface area contributed by atoms with Gasteiger partial charge in [-0.25, -0.2) is 0 Å². The van der Waals surface area contributed by atoms with Crippen molar-refractivity contribution in [3.05, 3.63) is 62.6 Å². The maximum Gasteiger partial charge on any atom is 0.257 e. The number of phenolic OH excluding ortho intramolecular Hbond substituents is 1. The number of carbonyl (C=O) groups excluding carboxylic acids is 1. The van der Waals surface area contributed by atoms with E-state index >= 15 is 0 Å². The minimum atomic E-state index is -0.346. The van der Waals surface area contributed by atoms with Crippen LogP contribution < -0.4 is 0 Å². The summed E-state index contributed by atoms with van der Waals surface area (Å²) in [5.41, 5.74) is 0.911. The number of hydrogen-bond acceptors (Lipinski definition) is 2. The zero-order valence-corrected chi connectivity index (χ0v) is 13.4. The third kappa shape index (κ3) is 3.82. The first-order valence-electron chi connectivity index (χ1n) is 6.06. The average molecular weight is 345 g/mol. The monoisotopic (exact) mass is 343 g/mol. The first kappa shape index (κ1) is 16.0. The van der Waals surface area contributed by atoms with Crippen molar-refractivity contribution in [2.75, 3.05) is 7.05 Å². The molecule has 1 amide bonds. The molecule has 21 heavy (non-hydrogen) atoms.